The van der Waals surface area contributed by atoms with Gasteiger partial charge in [0.1, 0.15) is 6.54 Å². The molecule has 0 saturated heterocycles. The van der Waals surface area contributed by atoms with Crippen LogP contribution in [0.5, 0.6) is 0 Å². The highest BCUT2D eigenvalue weighted by Crippen LogP contribution is 2.33. The normalized spacial score (nSPS) is 10.8. The lowest BCUT2D eigenvalue weighted by Gasteiger charge is -2.21. The van der Waals surface area contributed by atoms with Gasteiger partial charge in [-0.25, -0.2) is 0 Å². The quantitative estimate of drug-likeness (QED) is 0.365. The van der Waals surface area contributed by atoms with Gasteiger partial charge in [0.15, 0.2) is 0 Å². The molecule has 3 aromatic carbocycles. The molecule has 32 heavy (non-hydrogen) atoms. The zero-order valence-electron chi connectivity index (χ0n) is 17.2. The van der Waals surface area contributed by atoms with Gasteiger partial charge in [0.2, 0.25) is 0 Å². The summed E-state index contributed by atoms with van der Waals surface area (Å²) in [7, 11) is 1.60. The van der Waals surface area contributed by atoms with Crippen LogP contribution in [0.25, 0.3) is 16.6 Å². The molecule has 0 saturated carbocycles. The zero-order valence-corrected chi connectivity index (χ0v) is 18.7. The molecule has 8 heteroatoms. The van der Waals surface area contributed by atoms with Crippen LogP contribution in [0.2, 0.25) is 5.02 Å². The summed E-state index contributed by atoms with van der Waals surface area (Å²) in [4.78, 5) is 24.3. The van der Waals surface area contributed by atoms with Crippen molar-refractivity contribution in [3.8, 4) is 5.69 Å². The van der Waals surface area contributed by atoms with Crippen molar-refractivity contribution in [3.63, 3.8) is 0 Å². The van der Waals surface area contributed by atoms with Gasteiger partial charge in [0, 0.05) is 45.5 Å². The van der Waals surface area contributed by atoms with E-state index in [1.165, 1.54) is 11.9 Å². The molecular formula is C24H20ClN3O3S. The van der Waals surface area contributed by atoms with Crippen molar-refractivity contribution in [2.24, 2.45) is 0 Å². The number of fused-ring (bicyclic) bond motifs is 1. The second-order valence-electron chi connectivity index (χ2n) is 7.04. The Morgan fingerprint density at radius 3 is 2.62 bits per heavy atom. The van der Waals surface area contributed by atoms with Gasteiger partial charge in [-0.3, -0.25) is 9.59 Å². The summed E-state index contributed by atoms with van der Waals surface area (Å²) in [5, 5.41) is 13.6. The molecular weight excluding hydrogens is 446 g/mol. The van der Waals surface area contributed by atoms with Gasteiger partial charge >= 0.3 is 5.97 Å². The van der Waals surface area contributed by atoms with Crippen LogP contribution >= 0.6 is 23.5 Å². The molecule has 0 fully saturated rings. The molecule has 4 rings (SSSR count). The van der Waals surface area contributed by atoms with E-state index in [4.69, 9.17) is 11.6 Å². The Balaban J connectivity index is 1.69. The number of carboxylic acids is 1. The number of aromatic nitrogens is 1. The van der Waals surface area contributed by atoms with E-state index in [0.717, 1.165) is 27.2 Å². The van der Waals surface area contributed by atoms with E-state index in [1.54, 1.807) is 29.6 Å². The van der Waals surface area contributed by atoms with Gasteiger partial charge in [-0.15, -0.1) is 0 Å². The van der Waals surface area contributed by atoms with Crippen molar-refractivity contribution in [1.82, 2.24) is 9.88 Å². The Morgan fingerprint density at radius 2 is 1.88 bits per heavy atom. The SMILES string of the molecule is CNC(=O)c1cccc(-n2ccc3cc(N(CC(=O)O)Sc4cccc(Cl)c4)ccc32)c1. The number of halogens is 1. The lowest BCUT2D eigenvalue weighted by Crippen LogP contribution is -2.22. The minimum Gasteiger partial charge on any atom is -0.480 e. The third-order valence-electron chi connectivity index (χ3n) is 4.87. The molecule has 0 bridgehead atoms. The Bertz CT molecular complexity index is 1300. The molecule has 1 aromatic heterocycles. The number of hydrogen-bond acceptors (Lipinski definition) is 4. The summed E-state index contributed by atoms with van der Waals surface area (Å²) in [6.07, 6.45) is 1.93. The predicted octanol–water partition coefficient (Wildman–Crippen LogP) is 5.24. The van der Waals surface area contributed by atoms with Gasteiger partial charge in [-0.05, 0) is 72.6 Å². The number of amides is 1. The largest absolute Gasteiger partial charge is 0.480 e. The van der Waals surface area contributed by atoms with Crippen molar-refractivity contribution >= 4 is 52.0 Å². The molecule has 0 aliphatic rings. The number of rotatable bonds is 7. The second kappa shape index (κ2) is 9.38. The number of nitrogens with one attached hydrogen (secondary N) is 1. The Labute approximate surface area is 194 Å². The number of carboxylic acid groups (broad SMARTS) is 1. The highest BCUT2D eigenvalue weighted by Gasteiger charge is 2.15. The van der Waals surface area contributed by atoms with E-state index in [9.17, 15) is 14.7 Å². The summed E-state index contributed by atoms with van der Waals surface area (Å²) in [6, 6.07) is 22.4. The number of anilines is 1. The molecule has 0 atom stereocenters. The molecule has 1 heterocycles. The second-order valence-corrected chi connectivity index (χ2v) is 8.57. The molecule has 0 aliphatic heterocycles. The number of carbonyl (C=O) groups is 2. The first-order valence-corrected chi connectivity index (χ1v) is 11.0. The Hall–Kier alpha value is -3.42. The van der Waals surface area contributed by atoms with Crippen molar-refractivity contribution in [1.29, 1.82) is 0 Å². The average molecular weight is 466 g/mol. The number of benzene rings is 3. The zero-order chi connectivity index (χ0) is 22.7. The fourth-order valence-corrected chi connectivity index (χ4v) is 4.62. The molecule has 1 amide bonds. The van der Waals surface area contributed by atoms with E-state index in [0.29, 0.717) is 10.6 Å². The minimum atomic E-state index is -0.928. The first kappa shape index (κ1) is 21.8. The lowest BCUT2D eigenvalue weighted by atomic mass is 10.2. The molecule has 0 radical (unpaired) electrons. The van der Waals surface area contributed by atoms with Crippen molar-refractivity contribution in [2.45, 2.75) is 4.90 Å². The molecule has 6 nitrogen and oxygen atoms in total. The maximum atomic E-state index is 12.0. The first-order chi connectivity index (χ1) is 15.4. The predicted molar refractivity (Wildman–Crippen MR) is 129 cm³/mol. The van der Waals surface area contributed by atoms with Gasteiger partial charge in [0.25, 0.3) is 5.91 Å². The summed E-state index contributed by atoms with van der Waals surface area (Å²) >= 11 is 7.40. The van der Waals surface area contributed by atoms with Gasteiger partial charge in [0.05, 0.1) is 5.52 Å². The molecule has 0 spiro atoms. The van der Waals surface area contributed by atoms with Crippen LogP contribution in [0.15, 0.2) is 83.9 Å². The van der Waals surface area contributed by atoms with Crippen molar-refractivity contribution in [3.05, 3.63) is 89.6 Å². The maximum absolute atomic E-state index is 12.0. The van der Waals surface area contributed by atoms with E-state index in [-0.39, 0.29) is 12.5 Å². The number of nitrogens with zero attached hydrogens (tertiary/aromatic N) is 2. The monoisotopic (exact) mass is 465 g/mol. The van der Waals surface area contributed by atoms with Gasteiger partial charge in [-0.1, -0.05) is 23.7 Å². The standard InChI is InChI=1S/C24H20ClN3O3S/c1-26-24(31)17-4-2-6-19(13-17)27-11-10-16-12-20(8-9-22(16)27)28(15-23(29)30)32-21-7-3-5-18(25)14-21/h2-14H,15H2,1H3,(H,26,31)(H,29,30). The van der Waals surface area contributed by atoms with Crippen LogP contribution in [0, 0.1) is 0 Å². The van der Waals surface area contributed by atoms with Crippen LogP contribution in [0.1, 0.15) is 10.4 Å². The minimum absolute atomic E-state index is 0.145. The van der Waals surface area contributed by atoms with Crippen LogP contribution < -0.4 is 9.62 Å². The molecule has 162 valence electrons. The summed E-state index contributed by atoms with van der Waals surface area (Å²) in [6.45, 7) is -0.169. The van der Waals surface area contributed by atoms with E-state index >= 15 is 0 Å². The molecule has 4 aromatic rings. The third kappa shape index (κ3) is 4.74. The average Bonchev–Trinajstić information content (AvgIpc) is 3.21. The van der Waals surface area contributed by atoms with Gasteiger partial charge in [-0.2, -0.15) is 0 Å². The number of carbonyl (C=O) groups excluding carboxylic acids is 1. The third-order valence-corrected chi connectivity index (χ3v) is 6.13. The van der Waals surface area contributed by atoms with E-state index in [2.05, 4.69) is 5.32 Å². The topological polar surface area (TPSA) is 74.6 Å². The summed E-state index contributed by atoms with van der Waals surface area (Å²) in [5.41, 5.74) is 3.16. The van der Waals surface area contributed by atoms with E-state index in [1.807, 2.05) is 65.4 Å². The van der Waals surface area contributed by atoms with Crippen molar-refractivity contribution in [2.75, 3.05) is 17.9 Å². The summed E-state index contributed by atoms with van der Waals surface area (Å²) in [5.74, 6) is -1.07. The van der Waals surface area contributed by atoms with Gasteiger partial charge < -0.3 is 19.3 Å². The fourth-order valence-electron chi connectivity index (χ4n) is 3.40. The first-order valence-electron chi connectivity index (χ1n) is 9.81. The Kier molecular flexibility index (Phi) is 6.39. The number of aliphatic carboxylic acids is 1. The smallest absolute Gasteiger partial charge is 0.324 e. The molecule has 0 unspecified atom stereocenters. The van der Waals surface area contributed by atoms with E-state index < -0.39 is 5.97 Å². The molecule has 2 N–H and O–H groups in total. The van der Waals surface area contributed by atoms with Crippen LogP contribution in [0.3, 0.4) is 0 Å². The molecule has 0 aliphatic carbocycles. The highest BCUT2D eigenvalue weighted by molar-refractivity contribution is 8.00. The van der Waals surface area contributed by atoms with Crippen LogP contribution in [0.4, 0.5) is 5.69 Å². The lowest BCUT2D eigenvalue weighted by molar-refractivity contribution is -0.135. The highest BCUT2D eigenvalue weighted by atomic mass is 35.5. The maximum Gasteiger partial charge on any atom is 0.324 e. The van der Waals surface area contributed by atoms with Crippen LogP contribution in [-0.4, -0.2) is 35.1 Å². The fraction of sp³-hybridized carbons (Fsp3) is 0.0833. The Morgan fingerprint density at radius 1 is 1.06 bits per heavy atom. The van der Waals surface area contributed by atoms with Crippen LogP contribution in [-0.2, 0) is 4.79 Å². The van der Waals surface area contributed by atoms with Crippen molar-refractivity contribution < 1.29 is 14.7 Å². The number of hydrogen-bond donors (Lipinski definition) is 2. The summed E-state index contributed by atoms with van der Waals surface area (Å²) < 4.78 is 3.72.